The van der Waals surface area contributed by atoms with Gasteiger partial charge in [-0.3, -0.25) is 9.48 Å². The number of carbonyl (C=O) groups excluding carboxylic acids is 1. The van der Waals surface area contributed by atoms with Gasteiger partial charge in [-0.2, -0.15) is 5.10 Å². The molecule has 3 heterocycles. The van der Waals surface area contributed by atoms with Crippen molar-refractivity contribution in [2.75, 3.05) is 29.0 Å². The van der Waals surface area contributed by atoms with Gasteiger partial charge in [-0.15, -0.1) is 0 Å². The van der Waals surface area contributed by atoms with Crippen molar-refractivity contribution in [2.45, 2.75) is 39.5 Å². The van der Waals surface area contributed by atoms with Gasteiger partial charge < -0.3 is 16.0 Å². The van der Waals surface area contributed by atoms with E-state index in [9.17, 15) is 13.6 Å². The molecule has 10 heteroatoms. The number of aromatic nitrogens is 3. The number of nitrogen functional groups attached to an aromatic ring is 1. The van der Waals surface area contributed by atoms with Crippen LogP contribution in [-0.4, -0.2) is 33.8 Å². The minimum absolute atomic E-state index is 0.0192. The number of piperidine rings is 1. The topological polar surface area (TPSA) is 89.1 Å². The van der Waals surface area contributed by atoms with Crippen LogP contribution in [0.5, 0.6) is 0 Å². The fourth-order valence-corrected chi connectivity index (χ4v) is 4.36. The maximum Gasteiger partial charge on any atom is 0.277 e. The SMILES string of the molecule is CCC.Cn1ncc(NC(=O)c2nc(-c3c(F)cccc3F)sc2N)c1N1CCCCC1. The quantitative estimate of drug-likeness (QED) is 0.566. The number of hydrogen-bond donors (Lipinski definition) is 2. The molecule has 0 radical (unpaired) electrons. The zero-order valence-electron chi connectivity index (χ0n) is 18.5. The fraction of sp³-hybridized carbons (Fsp3) is 0.409. The first kappa shape index (κ1) is 23.6. The normalized spacial score (nSPS) is 13.5. The van der Waals surface area contributed by atoms with E-state index < -0.39 is 17.5 Å². The van der Waals surface area contributed by atoms with Crippen LogP contribution >= 0.6 is 11.3 Å². The second-order valence-corrected chi connectivity index (χ2v) is 8.57. The van der Waals surface area contributed by atoms with Gasteiger partial charge in [0, 0.05) is 20.1 Å². The number of anilines is 3. The number of aryl methyl sites for hydroxylation is 1. The van der Waals surface area contributed by atoms with Gasteiger partial charge in [-0.25, -0.2) is 13.8 Å². The van der Waals surface area contributed by atoms with Crippen molar-refractivity contribution < 1.29 is 13.6 Å². The molecule has 0 saturated carbocycles. The smallest absolute Gasteiger partial charge is 0.277 e. The summed E-state index contributed by atoms with van der Waals surface area (Å²) in [6, 6.07) is 3.54. The fourth-order valence-electron chi connectivity index (χ4n) is 3.49. The molecule has 1 amide bonds. The first-order valence-corrected chi connectivity index (χ1v) is 11.5. The second kappa shape index (κ2) is 10.5. The Morgan fingerprint density at radius 2 is 1.81 bits per heavy atom. The molecule has 1 aromatic carbocycles. The third-order valence-corrected chi connectivity index (χ3v) is 5.76. The van der Waals surface area contributed by atoms with Gasteiger partial charge in [-0.05, 0) is 31.4 Å². The van der Waals surface area contributed by atoms with E-state index in [1.165, 1.54) is 18.9 Å². The van der Waals surface area contributed by atoms with Gasteiger partial charge >= 0.3 is 0 Å². The number of nitrogens with one attached hydrogen (secondary N) is 1. The highest BCUT2D eigenvalue weighted by atomic mass is 32.1. The van der Waals surface area contributed by atoms with Gasteiger partial charge in [0.05, 0.1) is 11.8 Å². The highest BCUT2D eigenvalue weighted by Crippen LogP contribution is 2.34. The standard InChI is InChI=1S/C19H20F2N6OS.C3H8/c1-26-19(27-8-3-2-4-9-27)13(10-23-26)24-17(28)15-16(22)29-18(25-15)14-11(20)6-5-7-12(14)21;1-3-2/h5-7,10H,2-4,8-9,22H2,1H3,(H,24,28);3H2,1-2H3. The highest BCUT2D eigenvalue weighted by Gasteiger charge is 2.24. The number of hydrogen-bond acceptors (Lipinski definition) is 6. The Bertz CT molecular complexity index is 1050. The van der Waals surface area contributed by atoms with Crippen molar-refractivity contribution in [3.63, 3.8) is 0 Å². The lowest BCUT2D eigenvalue weighted by Gasteiger charge is -2.29. The summed E-state index contributed by atoms with van der Waals surface area (Å²) in [6.07, 6.45) is 6.16. The first-order chi connectivity index (χ1) is 15.4. The summed E-state index contributed by atoms with van der Waals surface area (Å²) in [5.74, 6) is -1.25. The van der Waals surface area contributed by atoms with E-state index in [4.69, 9.17) is 5.73 Å². The summed E-state index contributed by atoms with van der Waals surface area (Å²) in [6.45, 7) is 6.02. The van der Waals surface area contributed by atoms with E-state index in [2.05, 4.69) is 34.1 Å². The molecule has 0 unspecified atom stereocenters. The van der Waals surface area contributed by atoms with E-state index >= 15 is 0 Å². The molecule has 172 valence electrons. The second-order valence-electron chi connectivity index (χ2n) is 7.54. The lowest BCUT2D eigenvalue weighted by molar-refractivity contribution is 0.102. The molecule has 3 N–H and O–H groups in total. The summed E-state index contributed by atoms with van der Waals surface area (Å²) in [4.78, 5) is 19.1. The molecule has 4 rings (SSSR count). The van der Waals surface area contributed by atoms with Crippen molar-refractivity contribution in [2.24, 2.45) is 7.05 Å². The number of carbonyl (C=O) groups is 1. The van der Waals surface area contributed by atoms with Gasteiger partial charge in [0.1, 0.15) is 27.3 Å². The van der Waals surface area contributed by atoms with Crippen molar-refractivity contribution in [3.05, 3.63) is 41.7 Å². The van der Waals surface area contributed by atoms with Crippen molar-refractivity contribution >= 4 is 33.8 Å². The van der Waals surface area contributed by atoms with Gasteiger partial charge in [0.2, 0.25) is 0 Å². The average molecular weight is 463 g/mol. The van der Waals surface area contributed by atoms with E-state index in [1.54, 1.807) is 10.9 Å². The largest absolute Gasteiger partial charge is 0.389 e. The Hall–Kier alpha value is -3.01. The molecular formula is C22H28F2N6OS. The van der Waals surface area contributed by atoms with Crippen LogP contribution in [0.15, 0.2) is 24.4 Å². The summed E-state index contributed by atoms with van der Waals surface area (Å²) in [7, 11) is 1.82. The number of nitrogens with two attached hydrogens (primary N) is 1. The minimum atomic E-state index is -0.759. The average Bonchev–Trinajstić information content (AvgIpc) is 3.31. The third kappa shape index (κ3) is 5.07. The summed E-state index contributed by atoms with van der Waals surface area (Å²) in [5.41, 5.74) is 6.12. The zero-order valence-corrected chi connectivity index (χ0v) is 19.3. The first-order valence-electron chi connectivity index (χ1n) is 10.7. The van der Waals surface area contributed by atoms with Crippen molar-refractivity contribution in [3.8, 4) is 10.6 Å². The highest BCUT2D eigenvalue weighted by molar-refractivity contribution is 7.19. The van der Waals surface area contributed by atoms with Gasteiger partial charge in [0.25, 0.3) is 5.91 Å². The molecule has 1 fully saturated rings. The minimum Gasteiger partial charge on any atom is -0.389 e. The predicted octanol–water partition coefficient (Wildman–Crippen LogP) is 5.06. The van der Waals surface area contributed by atoms with Crippen LogP contribution < -0.4 is 16.0 Å². The van der Waals surface area contributed by atoms with E-state index in [0.29, 0.717) is 5.69 Å². The maximum atomic E-state index is 14.1. The number of halogens is 2. The number of thiazole rings is 1. The molecule has 0 atom stereocenters. The van der Waals surface area contributed by atoms with Crippen molar-refractivity contribution in [1.29, 1.82) is 0 Å². The molecule has 2 aromatic heterocycles. The van der Waals surface area contributed by atoms with E-state index in [-0.39, 0.29) is 21.3 Å². The molecular weight excluding hydrogens is 434 g/mol. The van der Waals surface area contributed by atoms with Crippen molar-refractivity contribution in [1.82, 2.24) is 14.8 Å². The lowest BCUT2D eigenvalue weighted by atomic mass is 10.1. The molecule has 1 saturated heterocycles. The van der Waals surface area contributed by atoms with Crippen LogP contribution in [-0.2, 0) is 7.05 Å². The monoisotopic (exact) mass is 462 g/mol. The lowest BCUT2D eigenvalue weighted by Crippen LogP contribution is -2.32. The Balaban J connectivity index is 0.000000913. The molecule has 32 heavy (non-hydrogen) atoms. The number of rotatable bonds is 4. The van der Waals surface area contributed by atoms with Crippen LogP contribution in [0, 0.1) is 11.6 Å². The molecule has 0 aliphatic carbocycles. The zero-order chi connectivity index (χ0) is 23.3. The summed E-state index contributed by atoms with van der Waals surface area (Å²) in [5, 5.41) is 7.15. The van der Waals surface area contributed by atoms with Crippen LogP contribution in [0.4, 0.5) is 25.3 Å². The summed E-state index contributed by atoms with van der Waals surface area (Å²) >= 11 is 0.867. The maximum absolute atomic E-state index is 14.1. The van der Waals surface area contributed by atoms with E-state index in [0.717, 1.165) is 55.2 Å². The van der Waals surface area contributed by atoms with E-state index in [1.807, 2.05) is 7.05 Å². The molecule has 0 bridgehead atoms. The van der Waals surface area contributed by atoms with Crippen LogP contribution in [0.3, 0.4) is 0 Å². The summed E-state index contributed by atoms with van der Waals surface area (Å²) < 4.78 is 29.8. The predicted molar refractivity (Wildman–Crippen MR) is 125 cm³/mol. The molecule has 3 aromatic rings. The van der Waals surface area contributed by atoms with Gasteiger partial charge in [0.15, 0.2) is 11.5 Å². The molecule has 0 spiro atoms. The Morgan fingerprint density at radius 3 is 2.44 bits per heavy atom. The number of nitrogens with zero attached hydrogens (tertiary/aromatic N) is 4. The Labute approximate surface area is 190 Å². The number of amides is 1. The van der Waals surface area contributed by atoms with Crippen LogP contribution in [0.25, 0.3) is 10.6 Å². The number of benzene rings is 1. The van der Waals surface area contributed by atoms with Crippen LogP contribution in [0.1, 0.15) is 50.0 Å². The van der Waals surface area contributed by atoms with Crippen LogP contribution in [0.2, 0.25) is 0 Å². The molecule has 1 aliphatic heterocycles. The Kier molecular flexibility index (Phi) is 7.79. The molecule has 7 nitrogen and oxygen atoms in total. The third-order valence-electron chi connectivity index (χ3n) is 4.86. The van der Waals surface area contributed by atoms with Gasteiger partial charge in [-0.1, -0.05) is 37.7 Å². The Morgan fingerprint density at radius 1 is 1.19 bits per heavy atom. The molecule has 1 aliphatic rings.